The minimum absolute atomic E-state index is 0.0324. The van der Waals surface area contributed by atoms with Crippen LogP contribution in [0.2, 0.25) is 0 Å². The Labute approximate surface area is 183 Å². The van der Waals surface area contributed by atoms with Gasteiger partial charge in [0.15, 0.2) is 0 Å². The molecule has 0 aromatic heterocycles. The third kappa shape index (κ3) is 7.48. The summed E-state index contributed by atoms with van der Waals surface area (Å²) >= 11 is 0. The number of hydrogen-bond donors (Lipinski definition) is 2. The highest BCUT2D eigenvalue weighted by Crippen LogP contribution is 2.32. The Balaban J connectivity index is 1.96. The molecule has 0 aliphatic heterocycles. The number of rotatable bonds is 10. The summed E-state index contributed by atoms with van der Waals surface area (Å²) in [6.45, 7) is 6.58. The van der Waals surface area contributed by atoms with E-state index in [9.17, 15) is 19.2 Å². The maximum absolute atomic E-state index is 12.0. The van der Waals surface area contributed by atoms with Crippen LogP contribution in [0, 0.1) is 0 Å². The largest absolute Gasteiger partial charge is 0.461 e. The van der Waals surface area contributed by atoms with Crippen molar-refractivity contribution in [1.82, 2.24) is 10.6 Å². The Morgan fingerprint density at radius 3 is 1.50 bits per heavy atom. The van der Waals surface area contributed by atoms with E-state index in [1.165, 1.54) is 0 Å². The van der Waals surface area contributed by atoms with Crippen molar-refractivity contribution in [2.24, 2.45) is 0 Å². The van der Waals surface area contributed by atoms with Gasteiger partial charge in [-0.05, 0) is 12.1 Å². The Morgan fingerprint density at radius 1 is 0.719 bits per heavy atom. The quantitative estimate of drug-likeness (QED) is 0.326. The number of hydrogen-bond acceptors (Lipinski definition) is 8. The van der Waals surface area contributed by atoms with E-state index in [1.807, 2.05) is 0 Å². The predicted molar refractivity (Wildman–Crippen MR) is 114 cm³/mol. The average molecular weight is 442 g/mol. The van der Waals surface area contributed by atoms with Gasteiger partial charge in [0.2, 0.25) is 0 Å². The molecule has 32 heavy (non-hydrogen) atoms. The molecule has 168 valence electrons. The molecule has 2 rings (SSSR count). The van der Waals surface area contributed by atoms with Gasteiger partial charge in [-0.3, -0.25) is 0 Å². The van der Waals surface area contributed by atoms with Crippen molar-refractivity contribution in [2.45, 2.75) is 0 Å². The molecule has 0 saturated heterocycles. The van der Waals surface area contributed by atoms with Crippen LogP contribution in [-0.2, 0) is 19.1 Å². The van der Waals surface area contributed by atoms with Gasteiger partial charge in [0, 0.05) is 22.9 Å². The molecule has 0 atom stereocenters. The first-order valence-corrected chi connectivity index (χ1v) is 9.46. The Morgan fingerprint density at radius 2 is 1.12 bits per heavy atom. The van der Waals surface area contributed by atoms with E-state index in [4.69, 9.17) is 18.9 Å². The summed E-state index contributed by atoms with van der Waals surface area (Å²) in [5.74, 6) is -0.706. The molecule has 10 heteroatoms. The number of nitrogens with one attached hydrogen (secondary N) is 2. The van der Waals surface area contributed by atoms with E-state index < -0.39 is 24.1 Å². The molecule has 2 amide bonds. The summed E-state index contributed by atoms with van der Waals surface area (Å²) in [5.41, 5.74) is 0. The number of fused-ring (bicyclic) bond motifs is 1. The second kappa shape index (κ2) is 12.4. The van der Waals surface area contributed by atoms with Crippen LogP contribution >= 0.6 is 0 Å². The van der Waals surface area contributed by atoms with Crippen LogP contribution in [0.4, 0.5) is 9.59 Å². The fourth-order valence-electron chi connectivity index (χ4n) is 2.43. The highest BCUT2D eigenvalue weighted by atomic mass is 16.6. The Bertz CT molecular complexity index is 937. The SMILES string of the molecule is C=CC(=O)OCCNC(=O)Oc1cccc2c(OC(=O)NCCOC(=O)C=C)cccc12. The molecule has 0 heterocycles. The van der Waals surface area contributed by atoms with Crippen LogP contribution in [-0.4, -0.2) is 50.4 Å². The van der Waals surface area contributed by atoms with Crippen molar-refractivity contribution in [3.05, 3.63) is 61.7 Å². The van der Waals surface area contributed by atoms with E-state index in [1.54, 1.807) is 36.4 Å². The van der Waals surface area contributed by atoms with Crippen LogP contribution in [0.1, 0.15) is 0 Å². The molecule has 2 N–H and O–H groups in total. The summed E-state index contributed by atoms with van der Waals surface area (Å²) in [5, 5.41) is 5.97. The minimum atomic E-state index is -0.745. The van der Waals surface area contributed by atoms with Crippen molar-refractivity contribution >= 4 is 34.9 Å². The normalized spacial score (nSPS) is 9.88. The zero-order valence-corrected chi connectivity index (χ0v) is 17.1. The first-order valence-electron chi connectivity index (χ1n) is 9.46. The molecule has 0 unspecified atom stereocenters. The van der Waals surface area contributed by atoms with Crippen molar-refractivity contribution in [3.63, 3.8) is 0 Å². The summed E-state index contributed by atoms with van der Waals surface area (Å²) in [6.07, 6.45) is 0.549. The highest BCUT2D eigenvalue weighted by Gasteiger charge is 2.13. The smallest absolute Gasteiger partial charge is 0.412 e. The molecule has 2 aromatic carbocycles. The van der Waals surface area contributed by atoms with Crippen LogP contribution in [0.15, 0.2) is 61.7 Å². The van der Waals surface area contributed by atoms with Gasteiger partial charge >= 0.3 is 24.1 Å². The lowest BCUT2D eigenvalue weighted by atomic mass is 10.1. The molecule has 2 aromatic rings. The lowest BCUT2D eigenvalue weighted by Gasteiger charge is -2.12. The molecule has 0 radical (unpaired) electrons. The highest BCUT2D eigenvalue weighted by molar-refractivity contribution is 5.95. The maximum atomic E-state index is 12.0. The fourth-order valence-corrected chi connectivity index (χ4v) is 2.43. The van der Waals surface area contributed by atoms with E-state index >= 15 is 0 Å². The summed E-state index contributed by atoms with van der Waals surface area (Å²) in [4.78, 5) is 46.0. The van der Waals surface area contributed by atoms with Crippen LogP contribution < -0.4 is 20.1 Å². The summed E-state index contributed by atoms with van der Waals surface area (Å²) in [6, 6.07) is 9.83. The van der Waals surface area contributed by atoms with E-state index in [-0.39, 0.29) is 37.8 Å². The molecule has 0 spiro atoms. The first-order chi connectivity index (χ1) is 15.4. The molecular weight excluding hydrogens is 420 g/mol. The van der Waals surface area contributed by atoms with Crippen LogP contribution in [0.25, 0.3) is 10.8 Å². The first kappa shape index (κ1) is 23.9. The van der Waals surface area contributed by atoms with Gasteiger partial charge in [0.1, 0.15) is 24.7 Å². The lowest BCUT2D eigenvalue weighted by Crippen LogP contribution is -2.30. The van der Waals surface area contributed by atoms with Crippen molar-refractivity contribution in [2.75, 3.05) is 26.3 Å². The van der Waals surface area contributed by atoms with Gasteiger partial charge < -0.3 is 29.6 Å². The lowest BCUT2D eigenvalue weighted by molar-refractivity contribution is -0.138. The van der Waals surface area contributed by atoms with Crippen LogP contribution in [0.3, 0.4) is 0 Å². The molecule has 0 aliphatic carbocycles. The monoisotopic (exact) mass is 442 g/mol. The summed E-state index contributed by atoms with van der Waals surface area (Å²) in [7, 11) is 0. The molecule has 0 fully saturated rings. The van der Waals surface area contributed by atoms with Gasteiger partial charge in [0.25, 0.3) is 0 Å². The molecule has 10 nitrogen and oxygen atoms in total. The van der Waals surface area contributed by atoms with E-state index in [0.29, 0.717) is 10.8 Å². The van der Waals surface area contributed by atoms with Gasteiger partial charge in [-0.25, -0.2) is 19.2 Å². The predicted octanol–water partition coefficient (Wildman–Crippen LogP) is 2.48. The molecular formula is C22H22N2O8. The maximum Gasteiger partial charge on any atom is 0.412 e. The van der Waals surface area contributed by atoms with Gasteiger partial charge in [-0.2, -0.15) is 0 Å². The minimum Gasteiger partial charge on any atom is -0.461 e. The zero-order chi connectivity index (χ0) is 23.3. The van der Waals surface area contributed by atoms with Crippen molar-refractivity contribution < 1.29 is 38.1 Å². The third-order valence-electron chi connectivity index (χ3n) is 3.81. The number of ether oxygens (including phenoxy) is 4. The van der Waals surface area contributed by atoms with Crippen LogP contribution in [0.5, 0.6) is 11.5 Å². The summed E-state index contributed by atoms with van der Waals surface area (Å²) < 4.78 is 20.1. The molecule has 0 bridgehead atoms. The van der Waals surface area contributed by atoms with E-state index in [2.05, 4.69) is 23.8 Å². The Hall–Kier alpha value is -4.34. The fraction of sp³-hybridized carbons (Fsp3) is 0.182. The second-order valence-corrected chi connectivity index (χ2v) is 5.98. The standard InChI is InChI=1S/C22H22N2O8/c1-3-19(25)29-13-11-23-21(27)31-17-9-5-8-16-15(17)7-6-10-18(16)32-22(28)24-12-14-30-20(26)4-2/h3-10H,1-2,11-14H2,(H,23,27)(H,24,28). The molecule has 0 saturated carbocycles. The van der Waals surface area contributed by atoms with Gasteiger partial charge in [-0.1, -0.05) is 37.4 Å². The number of esters is 2. The third-order valence-corrected chi connectivity index (χ3v) is 3.81. The van der Waals surface area contributed by atoms with Gasteiger partial charge in [0.05, 0.1) is 13.1 Å². The number of amides is 2. The number of carbonyl (C=O) groups is 4. The number of carbonyl (C=O) groups excluding carboxylic acids is 4. The second-order valence-electron chi connectivity index (χ2n) is 5.98. The van der Waals surface area contributed by atoms with Crippen molar-refractivity contribution in [1.29, 1.82) is 0 Å². The van der Waals surface area contributed by atoms with Crippen molar-refractivity contribution in [3.8, 4) is 11.5 Å². The topological polar surface area (TPSA) is 129 Å². The molecule has 0 aliphatic rings. The van der Waals surface area contributed by atoms with E-state index in [0.717, 1.165) is 12.2 Å². The number of benzene rings is 2. The van der Waals surface area contributed by atoms with Gasteiger partial charge in [-0.15, -0.1) is 0 Å². The zero-order valence-electron chi connectivity index (χ0n) is 17.1. The average Bonchev–Trinajstić information content (AvgIpc) is 2.79. The Kier molecular flexibility index (Phi) is 9.26.